The zero-order valence-corrected chi connectivity index (χ0v) is 20.5. The van der Waals surface area contributed by atoms with Crippen molar-refractivity contribution in [3.63, 3.8) is 0 Å². The van der Waals surface area contributed by atoms with Crippen LogP contribution in [0.25, 0.3) is 0 Å². The summed E-state index contributed by atoms with van der Waals surface area (Å²) in [5.74, 6) is -2.72. The summed E-state index contributed by atoms with van der Waals surface area (Å²) in [6.45, 7) is 4.41. The number of likely N-dealkylation sites (tertiary alicyclic amines) is 1. The van der Waals surface area contributed by atoms with Gasteiger partial charge in [0.2, 0.25) is 17.7 Å². The molecule has 1 aliphatic heterocycles. The van der Waals surface area contributed by atoms with E-state index in [1.807, 2.05) is 6.92 Å². The van der Waals surface area contributed by atoms with Crippen LogP contribution in [-0.4, -0.2) is 80.9 Å². The first kappa shape index (κ1) is 28.2. The lowest BCUT2D eigenvalue weighted by molar-refractivity contribution is -0.146. The van der Waals surface area contributed by atoms with Crippen LogP contribution in [0.4, 0.5) is 0 Å². The Bertz CT molecular complexity index is 847. The van der Waals surface area contributed by atoms with Gasteiger partial charge < -0.3 is 37.1 Å². The number of imidazole rings is 1. The lowest BCUT2D eigenvalue weighted by atomic mass is 9.98. The predicted molar refractivity (Wildman–Crippen MR) is 129 cm³/mol. The number of unbranched alkanes of at least 4 members (excludes halogenated alkanes) is 1. The van der Waals surface area contributed by atoms with Gasteiger partial charge >= 0.3 is 5.97 Å². The van der Waals surface area contributed by atoms with Gasteiger partial charge in [-0.05, 0) is 44.6 Å². The summed E-state index contributed by atoms with van der Waals surface area (Å²) < 4.78 is 0. The Morgan fingerprint density at radius 1 is 1.29 bits per heavy atom. The monoisotopic (exact) mass is 493 g/mol. The average molecular weight is 494 g/mol. The van der Waals surface area contributed by atoms with Crippen molar-refractivity contribution in [2.45, 2.75) is 83.0 Å². The summed E-state index contributed by atoms with van der Waals surface area (Å²) in [6, 6.07) is -3.57. The second-order valence-electron chi connectivity index (χ2n) is 9.13. The van der Waals surface area contributed by atoms with Crippen molar-refractivity contribution in [2.75, 3.05) is 13.1 Å². The summed E-state index contributed by atoms with van der Waals surface area (Å²) in [6.07, 6.45) is 6.56. The second-order valence-corrected chi connectivity index (χ2v) is 9.13. The van der Waals surface area contributed by atoms with Crippen molar-refractivity contribution in [3.05, 3.63) is 18.2 Å². The number of nitrogens with two attached hydrogens (primary N) is 2. The van der Waals surface area contributed by atoms with E-state index in [9.17, 15) is 24.3 Å². The van der Waals surface area contributed by atoms with Crippen molar-refractivity contribution in [1.29, 1.82) is 0 Å². The molecule has 0 bridgehead atoms. The Morgan fingerprint density at radius 2 is 2.03 bits per heavy atom. The normalized spacial score (nSPS) is 19.0. The van der Waals surface area contributed by atoms with Gasteiger partial charge in [-0.2, -0.15) is 0 Å². The van der Waals surface area contributed by atoms with Gasteiger partial charge in [0.05, 0.1) is 12.4 Å². The molecule has 1 aromatic heterocycles. The van der Waals surface area contributed by atoms with Gasteiger partial charge in [-0.15, -0.1) is 0 Å². The molecule has 2 heterocycles. The first-order valence-electron chi connectivity index (χ1n) is 12.3. The third-order valence-electron chi connectivity index (χ3n) is 6.51. The SMILES string of the molecule is CCC(C)C(NC(=O)C1CCCN1C(=O)C(CCCCN)NC(=O)C(N)Cc1cnc[nH]1)C(=O)O. The summed E-state index contributed by atoms with van der Waals surface area (Å²) in [5, 5.41) is 14.9. The smallest absolute Gasteiger partial charge is 0.326 e. The van der Waals surface area contributed by atoms with E-state index in [2.05, 4.69) is 20.6 Å². The van der Waals surface area contributed by atoms with Crippen LogP contribution in [0.3, 0.4) is 0 Å². The minimum atomic E-state index is -1.11. The Morgan fingerprint density at radius 3 is 2.63 bits per heavy atom. The van der Waals surface area contributed by atoms with E-state index in [0.717, 1.165) is 0 Å². The quantitative estimate of drug-likeness (QED) is 0.186. The number of nitrogens with one attached hydrogen (secondary N) is 3. The number of carbonyl (C=O) groups is 4. The Balaban J connectivity index is 2.10. The molecule has 0 aromatic carbocycles. The number of carboxylic acid groups (broad SMARTS) is 1. The highest BCUT2D eigenvalue weighted by Gasteiger charge is 2.39. The minimum Gasteiger partial charge on any atom is -0.480 e. The van der Waals surface area contributed by atoms with E-state index >= 15 is 0 Å². The molecule has 196 valence electrons. The summed E-state index contributed by atoms with van der Waals surface area (Å²) in [7, 11) is 0. The van der Waals surface area contributed by atoms with Crippen molar-refractivity contribution in [2.24, 2.45) is 17.4 Å². The summed E-state index contributed by atoms with van der Waals surface area (Å²) >= 11 is 0. The van der Waals surface area contributed by atoms with Gasteiger partial charge in [0.15, 0.2) is 0 Å². The fourth-order valence-corrected chi connectivity index (χ4v) is 4.19. The molecule has 35 heavy (non-hydrogen) atoms. The fraction of sp³-hybridized carbons (Fsp3) is 0.696. The number of aromatic nitrogens is 2. The fourth-order valence-electron chi connectivity index (χ4n) is 4.19. The number of hydrogen-bond acceptors (Lipinski definition) is 7. The molecule has 0 radical (unpaired) electrons. The Kier molecular flexibility index (Phi) is 11.1. The van der Waals surface area contributed by atoms with Gasteiger partial charge in [-0.3, -0.25) is 14.4 Å². The van der Waals surface area contributed by atoms with E-state index in [4.69, 9.17) is 11.5 Å². The maximum absolute atomic E-state index is 13.5. The van der Waals surface area contributed by atoms with Crippen LogP contribution in [0.2, 0.25) is 0 Å². The maximum Gasteiger partial charge on any atom is 0.326 e. The molecule has 3 amide bonds. The van der Waals surface area contributed by atoms with Crippen LogP contribution in [0.15, 0.2) is 12.5 Å². The molecular formula is C23H39N7O5. The number of aromatic amines is 1. The Hall–Kier alpha value is -2.99. The highest BCUT2D eigenvalue weighted by atomic mass is 16.4. The van der Waals surface area contributed by atoms with Crippen LogP contribution < -0.4 is 22.1 Å². The second kappa shape index (κ2) is 13.8. The average Bonchev–Trinajstić information content (AvgIpc) is 3.52. The zero-order chi connectivity index (χ0) is 26.0. The van der Waals surface area contributed by atoms with Gasteiger partial charge in [0.25, 0.3) is 0 Å². The largest absolute Gasteiger partial charge is 0.480 e. The summed E-state index contributed by atoms with van der Waals surface area (Å²) in [4.78, 5) is 59.1. The Labute approximate surface area is 205 Å². The number of rotatable bonds is 14. The topological polar surface area (TPSA) is 197 Å². The molecule has 1 saturated heterocycles. The van der Waals surface area contributed by atoms with Crippen LogP contribution in [0, 0.1) is 5.92 Å². The van der Waals surface area contributed by atoms with E-state index in [0.29, 0.717) is 57.3 Å². The van der Waals surface area contributed by atoms with E-state index in [1.54, 1.807) is 13.1 Å². The third-order valence-corrected chi connectivity index (χ3v) is 6.51. The molecule has 8 N–H and O–H groups in total. The molecule has 1 aliphatic rings. The van der Waals surface area contributed by atoms with E-state index < -0.39 is 42.0 Å². The molecule has 12 nitrogen and oxygen atoms in total. The molecule has 5 atom stereocenters. The molecule has 2 rings (SSSR count). The van der Waals surface area contributed by atoms with Crippen molar-refractivity contribution in [1.82, 2.24) is 25.5 Å². The zero-order valence-electron chi connectivity index (χ0n) is 20.5. The number of amides is 3. The van der Waals surface area contributed by atoms with Gasteiger partial charge in [-0.25, -0.2) is 9.78 Å². The molecule has 5 unspecified atom stereocenters. The van der Waals surface area contributed by atoms with Gasteiger partial charge in [-0.1, -0.05) is 20.3 Å². The number of aliphatic carboxylic acids is 1. The number of nitrogens with zero attached hydrogens (tertiary/aromatic N) is 2. The molecular weight excluding hydrogens is 454 g/mol. The third kappa shape index (κ3) is 8.03. The number of carbonyl (C=O) groups excluding carboxylic acids is 3. The first-order valence-corrected chi connectivity index (χ1v) is 12.3. The highest BCUT2D eigenvalue weighted by Crippen LogP contribution is 2.21. The van der Waals surface area contributed by atoms with Crippen LogP contribution in [-0.2, 0) is 25.6 Å². The number of hydrogen-bond donors (Lipinski definition) is 6. The van der Waals surface area contributed by atoms with Crippen LogP contribution in [0.1, 0.15) is 58.1 Å². The molecule has 12 heteroatoms. The maximum atomic E-state index is 13.5. The lowest BCUT2D eigenvalue weighted by Gasteiger charge is -2.30. The standard InChI is InChI=1S/C23H39N7O5/c1-3-14(2)19(23(34)35)29-21(32)18-8-6-10-30(18)22(33)17(7-4-5-9-24)28-20(31)16(25)11-15-12-26-13-27-15/h12-14,16-19H,3-11,24-25H2,1-2H3,(H,26,27)(H,28,31)(H,29,32)(H,34,35). The van der Waals surface area contributed by atoms with E-state index in [-0.39, 0.29) is 18.2 Å². The molecule has 1 fully saturated rings. The molecule has 0 saturated carbocycles. The van der Waals surface area contributed by atoms with Crippen LogP contribution >= 0.6 is 0 Å². The van der Waals surface area contributed by atoms with Gasteiger partial charge in [0.1, 0.15) is 18.1 Å². The van der Waals surface area contributed by atoms with E-state index in [1.165, 1.54) is 11.2 Å². The first-order chi connectivity index (χ1) is 16.7. The highest BCUT2D eigenvalue weighted by molar-refractivity contribution is 5.94. The number of carboxylic acids is 1. The van der Waals surface area contributed by atoms with Crippen molar-refractivity contribution < 1.29 is 24.3 Å². The molecule has 1 aromatic rings. The van der Waals surface area contributed by atoms with Gasteiger partial charge in [0, 0.05) is 24.9 Å². The van der Waals surface area contributed by atoms with Crippen molar-refractivity contribution in [3.8, 4) is 0 Å². The summed E-state index contributed by atoms with van der Waals surface area (Å²) in [5.41, 5.74) is 12.3. The molecule has 0 aliphatic carbocycles. The molecule has 0 spiro atoms. The number of H-pyrrole nitrogens is 1. The van der Waals surface area contributed by atoms with Crippen molar-refractivity contribution >= 4 is 23.7 Å². The van der Waals surface area contributed by atoms with Crippen LogP contribution in [0.5, 0.6) is 0 Å². The predicted octanol–water partition coefficient (Wildman–Crippen LogP) is -0.500. The lowest BCUT2D eigenvalue weighted by Crippen LogP contribution is -2.57. The minimum absolute atomic E-state index is 0.233.